The van der Waals surface area contributed by atoms with Gasteiger partial charge in [-0.25, -0.2) is 8.42 Å². The lowest BCUT2D eigenvalue weighted by Gasteiger charge is -2.15. The number of methoxy groups -OCH3 is 1. The van der Waals surface area contributed by atoms with Crippen molar-refractivity contribution in [1.82, 2.24) is 4.98 Å². The summed E-state index contributed by atoms with van der Waals surface area (Å²) in [6, 6.07) is 0. The van der Waals surface area contributed by atoms with Gasteiger partial charge in [0.2, 0.25) is 0 Å². The second-order valence-corrected chi connectivity index (χ2v) is 5.56. The Morgan fingerprint density at radius 1 is 1.39 bits per heavy atom. The van der Waals surface area contributed by atoms with E-state index in [0.717, 1.165) is 7.11 Å². The van der Waals surface area contributed by atoms with E-state index >= 15 is 0 Å². The summed E-state index contributed by atoms with van der Waals surface area (Å²) in [6.45, 7) is 1.26. The van der Waals surface area contributed by atoms with E-state index in [1.54, 1.807) is 0 Å². The van der Waals surface area contributed by atoms with E-state index in [-0.39, 0.29) is 5.69 Å². The molecular weight excluding hydrogens is 299 g/mol. The maximum atomic E-state index is 12.1. The van der Waals surface area contributed by atoms with E-state index in [1.807, 2.05) is 0 Å². The van der Waals surface area contributed by atoms with Gasteiger partial charge in [-0.05, 0) is 6.92 Å². The molecule has 10 heteroatoms. The van der Waals surface area contributed by atoms with Gasteiger partial charge in [0.15, 0.2) is 11.5 Å². The molecule has 1 rings (SSSR count). The van der Waals surface area contributed by atoms with E-state index < -0.39 is 31.8 Å². The zero-order valence-corrected chi connectivity index (χ0v) is 10.7. The first kappa shape index (κ1) is 14.8. The van der Waals surface area contributed by atoms with Crippen LogP contribution in [0.4, 0.5) is 13.2 Å². The van der Waals surface area contributed by atoms with E-state index in [9.17, 15) is 21.6 Å². The Kier molecular flexibility index (Phi) is 3.96. The molecule has 0 aromatic carbocycles. The summed E-state index contributed by atoms with van der Waals surface area (Å²) < 4.78 is 67.0. The molecule has 0 N–H and O–H groups in total. The number of alkyl halides is 3. The van der Waals surface area contributed by atoms with Crippen LogP contribution in [0.1, 0.15) is 5.69 Å². The van der Waals surface area contributed by atoms with Crippen molar-refractivity contribution in [3.63, 3.8) is 0 Å². The number of pyridine rings is 1. The maximum Gasteiger partial charge on any atom is 0.573 e. The number of ether oxygens (including phenoxy) is 2. The molecule has 0 amide bonds. The predicted molar refractivity (Wildman–Crippen MR) is 55.2 cm³/mol. The molecule has 0 saturated carbocycles. The minimum atomic E-state index is -5.00. The van der Waals surface area contributed by atoms with Crippen molar-refractivity contribution in [1.29, 1.82) is 0 Å². The van der Waals surface area contributed by atoms with Crippen molar-refractivity contribution in [3.05, 3.63) is 11.9 Å². The van der Waals surface area contributed by atoms with Crippen LogP contribution in [-0.4, -0.2) is 26.9 Å². The number of nitrogens with zero attached hydrogens (tertiary/aromatic N) is 1. The molecule has 0 aliphatic rings. The van der Waals surface area contributed by atoms with Gasteiger partial charge in [0.25, 0.3) is 9.05 Å². The number of hydrogen-bond donors (Lipinski definition) is 0. The van der Waals surface area contributed by atoms with Gasteiger partial charge in [-0.2, -0.15) is 0 Å². The molecule has 0 fully saturated rings. The highest BCUT2D eigenvalue weighted by Gasteiger charge is 2.35. The van der Waals surface area contributed by atoms with Crippen molar-refractivity contribution in [2.75, 3.05) is 7.11 Å². The molecule has 0 radical (unpaired) electrons. The Morgan fingerprint density at radius 3 is 2.33 bits per heavy atom. The standard InChI is InChI=1S/C8H7ClF3NO4S/c1-4-7(18(9,14)15)6(16-2)5(3-13-4)17-8(10,11)12/h3H,1-2H3. The monoisotopic (exact) mass is 305 g/mol. The third-order valence-corrected chi connectivity index (χ3v) is 3.24. The number of rotatable bonds is 3. The van der Waals surface area contributed by atoms with Crippen LogP contribution in [-0.2, 0) is 9.05 Å². The van der Waals surface area contributed by atoms with E-state index in [4.69, 9.17) is 10.7 Å². The number of halogens is 4. The van der Waals surface area contributed by atoms with Crippen LogP contribution in [0, 0.1) is 6.92 Å². The molecule has 1 heterocycles. The van der Waals surface area contributed by atoms with Gasteiger partial charge in [0.1, 0.15) is 4.90 Å². The Morgan fingerprint density at radius 2 is 1.94 bits per heavy atom. The van der Waals surface area contributed by atoms with Gasteiger partial charge < -0.3 is 9.47 Å². The Labute approximate surface area is 105 Å². The fourth-order valence-corrected chi connectivity index (χ4v) is 2.58. The first-order chi connectivity index (χ1) is 8.06. The van der Waals surface area contributed by atoms with Gasteiger partial charge >= 0.3 is 6.36 Å². The highest BCUT2D eigenvalue weighted by molar-refractivity contribution is 8.13. The fourth-order valence-electron chi connectivity index (χ4n) is 1.23. The third kappa shape index (κ3) is 3.39. The van der Waals surface area contributed by atoms with E-state index in [1.165, 1.54) is 6.92 Å². The molecule has 1 aromatic heterocycles. The topological polar surface area (TPSA) is 65.5 Å². The van der Waals surface area contributed by atoms with Gasteiger partial charge in [0, 0.05) is 10.7 Å². The van der Waals surface area contributed by atoms with Crippen LogP contribution in [0.5, 0.6) is 11.5 Å². The van der Waals surface area contributed by atoms with E-state index in [2.05, 4.69) is 14.5 Å². The fraction of sp³-hybridized carbons (Fsp3) is 0.375. The lowest BCUT2D eigenvalue weighted by Crippen LogP contribution is -2.18. The Balaban J connectivity index is 3.49. The van der Waals surface area contributed by atoms with Crippen LogP contribution in [0.3, 0.4) is 0 Å². The summed E-state index contributed by atoms with van der Waals surface area (Å²) >= 11 is 0. The lowest BCUT2D eigenvalue weighted by atomic mass is 10.3. The summed E-state index contributed by atoms with van der Waals surface area (Å²) in [5.74, 6) is -1.52. The minimum absolute atomic E-state index is 0.101. The van der Waals surface area contributed by atoms with Crippen molar-refractivity contribution < 1.29 is 31.1 Å². The lowest BCUT2D eigenvalue weighted by molar-refractivity contribution is -0.275. The highest BCUT2D eigenvalue weighted by atomic mass is 35.7. The van der Waals surface area contributed by atoms with E-state index in [0.29, 0.717) is 6.20 Å². The SMILES string of the molecule is COc1c(OC(F)(F)F)cnc(C)c1S(=O)(=O)Cl. The first-order valence-corrected chi connectivity index (χ1v) is 6.61. The van der Waals surface area contributed by atoms with Crippen molar-refractivity contribution >= 4 is 19.7 Å². The summed E-state index contributed by atoms with van der Waals surface area (Å²) in [5, 5.41) is 0. The van der Waals surface area contributed by atoms with Crippen LogP contribution in [0.2, 0.25) is 0 Å². The van der Waals surface area contributed by atoms with Crippen molar-refractivity contribution in [2.45, 2.75) is 18.2 Å². The van der Waals surface area contributed by atoms with Gasteiger partial charge in [0.05, 0.1) is 19.0 Å². The molecule has 0 spiro atoms. The second-order valence-electron chi connectivity index (χ2n) is 3.06. The molecule has 0 aliphatic heterocycles. The predicted octanol–water partition coefficient (Wildman–Crippen LogP) is 2.22. The van der Waals surface area contributed by atoms with Crippen LogP contribution < -0.4 is 9.47 Å². The average molecular weight is 306 g/mol. The quantitative estimate of drug-likeness (QED) is 0.801. The summed E-state index contributed by atoms with van der Waals surface area (Å²) in [7, 11) is 1.78. The molecule has 0 bridgehead atoms. The maximum absolute atomic E-state index is 12.1. The van der Waals surface area contributed by atoms with Crippen LogP contribution in [0.15, 0.2) is 11.1 Å². The number of aromatic nitrogens is 1. The van der Waals surface area contributed by atoms with Crippen molar-refractivity contribution in [2.24, 2.45) is 0 Å². The van der Waals surface area contributed by atoms with Gasteiger partial charge in [-0.15, -0.1) is 13.2 Å². The zero-order chi connectivity index (χ0) is 14.1. The normalized spacial score (nSPS) is 12.3. The summed E-state index contributed by atoms with van der Waals surface area (Å²) in [4.78, 5) is 2.81. The largest absolute Gasteiger partial charge is 0.573 e. The first-order valence-electron chi connectivity index (χ1n) is 4.30. The molecule has 102 valence electrons. The molecule has 0 aliphatic carbocycles. The average Bonchev–Trinajstić information content (AvgIpc) is 2.16. The minimum Gasteiger partial charge on any atom is -0.491 e. The van der Waals surface area contributed by atoms with Gasteiger partial charge in [-0.1, -0.05) is 0 Å². The van der Waals surface area contributed by atoms with Crippen molar-refractivity contribution in [3.8, 4) is 11.5 Å². The molecule has 0 atom stereocenters. The summed E-state index contributed by atoms with van der Waals surface area (Å²) in [5.41, 5.74) is -0.101. The molecule has 5 nitrogen and oxygen atoms in total. The third-order valence-electron chi connectivity index (χ3n) is 1.81. The van der Waals surface area contributed by atoms with Crippen LogP contribution >= 0.6 is 10.7 Å². The van der Waals surface area contributed by atoms with Gasteiger partial charge in [-0.3, -0.25) is 4.98 Å². The number of hydrogen-bond acceptors (Lipinski definition) is 5. The summed E-state index contributed by atoms with van der Waals surface area (Å²) in [6.07, 6.45) is -4.30. The molecule has 0 saturated heterocycles. The zero-order valence-electron chi connectivity index (χ0n) is 9.08. The molecule has 18 heavy (non-hydrogen) atoms. The second kappa shape index (κ2) is 4.81. The smallest absolute Gasteiger partial charge is 0.491 e. The molecular formula is C8H7ClF3NO4S. The Hall–Kier alpha value is -1.22. The molecule has 0 unspecified atom stereocenters. The molecule has 1 aromatic rings. The van der Waals surface area contributed by atoms with Crippen LogP contribution in [0.25, 0.3) is 0 Å². The number of aryl methyl sites for hydroxylation is 1. The highest BCUT2D eigenvalue weighted by Crippen LogP contribution is 2.39. The Bertz CT molecular complexity index is 558.